The van der Waals surface area contributed by atoms with Gasteiger partial charge in [0.05, 0.1) is 6.33 Å². The van der Waals surface area contributed by atoms with Gasteiger partial charge in [0.2, 0.25) is 0 Å². The highest BCUT2D eigenvalue weighted by molar-refractivity contribution is 7.89. The Morgan fingerprint density at radius 2 is 2.35 bits per heavy atom. The van der Waals surface area contributed by atoms with Crippen molar-refractivity contribution in [2.45, 2.75) is 36.9 Å². The summed E-state index contributed by atoms with van der Waals surface area (Å²) >= 11 is 0. The van der Waals surface area contributed by atoms with Gasteiger partial charge >= 0.3 is 0 Å². The van der Waals surface area contributed by atoms with Gasteiger partial charge in [-0.25, -0.2) is 18.1 Å². The largest absolute Gasteiger partial charge is 0.339 e. The molecule has 1 fully saturated rings. The van der Waals surface area contributed by atoms with Crippen LogP contribution in [0.3, 0.4) is 0 Å². The fraction of sp³-hybridized carbons (Fsp3) is 0.700. The number of imidazole rings is 1. The Morgan fingerprint density at radius 1 is 1.59 bits per heavy atom. The maximum atomic E-state index is 12.0. The summed E-state index contributed by atoms with van der Waals surface area (Å²) < 4.78 is 28.4. The summed E-state index contributed by atoms with van der Waals surface area (Å²) in [5, 5.41) is 3.38. The zero-order valence-electron chi connectivity index (χ0n) is 10.0. The molecule has 1 aliphatic heterocycles. The van der Waals surface area contributed by atoms with Crippen LogP contribution in [-0.2, 0) is 17.1 Å². The van der Waals surface area contributed by atoms with E-state index in [1.165, 1.54) is 12.5 Å². The van der Waals surface area contributed by atoms with Crippen molar-refractivity contribution in [3.8, 4) is 0 Å². The van der Waals surface area contributed by atoms with E-state index < -0.39 is 10.0 Å². The van der Waals surface area contributed by atoms with Crippen molar-refractivity contribution in [2.75, 3.05) is 6.54 Å². The summed E-state index contributed by atoms with van der Waals surface area (Å²) in [5.74, 6) is 0. The normalized spacial score (nSPS) is 26.0. The lowest BCUT2D eigenvalue weighted by Gasteiger charge is -2.28. The molecule has 1 aromatic heterocycles. The van der Waals surface area contributed by atoms with Gasteiger partial charge in [-0.3, -0.25) is 0 Å². The van der Waals surface area contributed by atoms with Crippen LogP contribution in [0.5, 0.6) is 0 Å². The highest BCUT2D eigenvalue weighted by Crippen LogP contribution is 2.12. The first-order valence-corrected chi connectivity index (χ1v) is 7.19. The van der Waals surface area contributed by atoms with Gasteiger partial charge in [-0.05, 0) is 26.3 Å². The predicted octanol–water partition coefficient (Wildman–Crippen LogP) is -0.161. The minimum Gasteiger partial charge on any atom is -0.339 e. The number of nitrogens with zero attached hydrogens (tertiary/aromatic N) is 2. The quantitative estimate of drug-likeness (QED) is 0.790. The number of nitrogens with one attached hydrogen (secondary N) is 2. The minimum absolute atomic E-state index is 0.00161. The van der Waals surface area contributed by atoms with Crippen molar-refractivity contribution in [1.29, 1.82) is 0 Å². The second kappa shape index (κ2) is 4.75. The summed E-state index contributed by atoms with van der Waals surface area (Å²) in [7, 11) is -1.72. The predicted molar refractivity (Wildman–Crippen MR) is 64.0 cm³/mol. The van der Waals surface area contributed by atoms with E-state index in [1.807, 2.05) is 0 Å². The van der Waals surface area contributed by atoms with E-state index in [-0.39, 0.29) is 11.1 Å². The third kappa shape index (κ3) is 3.05. The average molecular weight is 258 g/mol. The molecule has 2 unspecified atom stereocenters. The first-order chi connectivity index (χ1) is 7.97. The van der Waals surface area contributed by atoms with Crippen molar-refractivity contribution in [1.82, 2.24) is 19.6 Å². The van der Waals surface area contributed by atoms with Crippen LogP contribution in [-0.4, -0.2) is 36.6 Å². The minimum atomic E-state index is -3.47. The van der Waals surface area contributed by atoms with E-state index in [0.717, 1.165) is 19.4 Å². The van der Waals surface area contributed by atoms with Crippen LogP contribution in [0.2, 0.25) is 0 Å². The van der Waals surface area contributed by atoms with Crippen LogP contribution in [0.15, 0.2) is 17.6 Å². The maximum absolute atomic E-state index is 12.0. The molecular weight excluding hydrogens is 240 g/mol. The van der Waals surface area contributed by atoms with Gasteiger partial charge in [-0.1, -0.05) is 0 Å². The molecule has 0 bridgehead atoms. The molecule has 2 heterocycles. The Labute approximate surface area is 101 Å². The summed E-state index contributed by atoms with van der Waals surface area (Å²) in [6, 6.07) is 0.346. The van der Waals surface area contributed by atoms with Crippen molar-refractivity contribution >= 4 is 10.0 Å². The Kier molecular flexibility index (Phi) is 3.50. The molecule has 1 aromatic rings. The highest BCUT2D eigenvalue weighted by Gasteiger charge is 2.25. The fourth-order valence-corrected chi connectivity index (χ4v) is 3.31. The van der Waals surface area contributed by atoms with Crippen LogP contribution in [0, 0.1) is 0 Å². The van der Waals surface area contributed by atoms with Gasteiger partial charge in [-0.2, -0.15) is 0 Å². The summed E-state index contributed by atoms with van der Waals surface area (Å²) in [5.41, 5.74) is 0. The van der Waals surface area contributed by atoms with Crippen LogP contribution in [0.4, 0.5) is 0 Å². The van der Waals surface area contributed by atoms with Crippen molar-refractivity contribution < 1.29 is 8.42 Å². The Bertz CT molecular complexity index is 482. The lowest BCUT2D eigenvalue weighted by atomic mass is 10.0. The van der Waals surface area contributed by atoms with Crippen LogP contribution in [0.25, 0.3) is 0 Å². The van der Waals surface area contributed by atoms with Gasteiger partial charge in [-0.15, -0.1) is 0 Å². The van der Waals surface area contributed by atoms with E-state index in [0.29, 0.717) is 6.04 Å². The lowest BCUT2D eigenvalue weighted by molar-refractivity contribution is 0.361. The standard InChI is InChI=1S/C10H18N4O2S/c1-8-5-9(3-4-11-8)13-17(15,16)10-6-14(2)7-12-10/h6-9,11,13H,3-5H2,1-2H3. The molecule has 0 spiro atoms. The molecule has 0 amide bonds. The average Bonchev–Trinajstić information content (AvgIpc) is 2.65. The van der Waals surface area contributed by atoms with E-state index in [4.69, 9.17) is 0 Å². The molecule has 6 nitrogen and oxygen atoms in total. The Hall–Kier alpha value is -0.920. The van der Waals surface area contributed by atoms with Gasteiger partial charge < -0.3 is 9.88 Å². The SMILES string of the molecule is CC1CC(NS(=O)(=O)c2cn(C)cn2)CCN1. The zero-order chi connectivity index (χ0) is 12.5. The second-order valence-corrected chi connectivity index (χ2v) is 6.24. The Morgan fingerprint density at radius 3 is 2.94 bits per heavy atom. The molecule has 2 rings (SSSR count). The van der Waals surface area contributed by atoms with E-state index >= 15 is 0 Å². The van der Waals surface area contributed by atoms with Gasteiger partial charge in [0.1, 0.15) is 0 Å². The number of sulfonamides is 1. The molecule has 1 aliphatic rings. The molecule has 0 aliphatic carbocycles. The van der Waals surface area contributed by atoms with Gasteiger partial charge in [0.25, 0.3) is 10.0 Å². The third-order valence-electron chi connectivity index (χ3n) is 2.90. The van der Waals surface area contributed by atoms with E-state index in [9.17, 15) is 8.42 Å². The number of rotatable bonds is 3. The fourth-order valence-electron chi connectivity index (χ4n) is 2.05. The zero-order valence-corrected chi connectivity index (χ0v) is 10.9. The van der Waals surface area contributed by atoms with Crippen LogP contribution < -0.4 is 10.0 Å². The van der Waals surface area contributed by atoms with Gasteiger partial charge in [0, 0.05) is 25.3 Å². The first kappa shape index (κ1) is 12.5. The second-order valence-electron chi connectivity index (χ2n) is 4.58. The van der Waals surface area contributed by atoms with Crippen molar-refractivity contribution in [3.05, 3.63) is 12.5 Å². The lowest BCUT2D eigenvalue weighted by Crippen LogP contribution is -2.46. The molecule has 96 valence electrons. The summed E-state index contributed by atoms with van der Waals surface area (Å²) in [6.07, 6.45) is 4.62. The topological polar surface area (TPSA) is 76.0 Å². The maximum Gasteiger partial charge on any atom is 0.259 e. The molecule has 17 heavy (non-hydrogen) atoms. The smallest absolute Gasteiger partial charge is 0.259 e. The molecule has 0 radical (unpaired) electrons. The van der Waals surface area contributed by atoms with Gasteiger partial charge in [0.15, 0.2) is 5.03 Å². The number of piperidine rings is 1. The number of hydrogen-bond acceptors (Lipinski definition) is 4. The highest BCUT2D eigenvalue weighted by atomic mass is 32.2. The number of aryl methyl sites for hydroxylation is 1. The Balaban J connectivity index is 2.07. The number of hydrogen-bond donors (Lipinski definition) is 2. The molecule has 1 saturated heterocycles. The molecule has 0 saturated carbocycles. The molecule has 2 atom stereocenters. The summed E-state index contributed by atoms with van der Waals surface area (Å²) in [4.78, 5) is 3.87. The monoisotopic (exact) mass is 258 g/mol. The third-order valence-corrected chi connectivity index (χ3v) is 4.31. The summed E-state index contributed by atoms with van der Waals surface area (Å²) in [6.45, 7) is 2.90. The molecule has 0 aromatic carbocycles. The van der Waals surface area contributed by atoms with Crippen LogP contribution in [0.1, 0.15) is 19.8 Å². The van der Waals surface area contributed by atoms with Crippen molar-refractivity contribution in [2.24, 2.45) is 7.05 Å². The number of aromatic nitrogens is 2. The first-order valence-electron chi connectivity index (χ1n) is 5.71. The molecule has 7 heteroatoms. The van der Waals surface area contributed by atoms with Crippen molar-refractivity contribution in [3.63, 3.8) is 0 Å². The molecular formula is C10H18N4O2S. The van der Waals surface area contributed by atoms with E-state index in [2.05, 4.69) is 21.9 Å². The molecule has 2 N–H and O–H groups in total. The van der Waals surface area contributed by atoms with E-state index in [1.54, 1.807) is 11.6 Å². The van der Waals surface area contributed by atoms with Crippen LogP contribution >= 0.6 is 0 Å².